The van der Waals surface area contributed by atoms with Gasteiger partial charge in [-0.3, -0.25) is 0 Å². The van der Waals surface area contributed by atoms with Crippen LogP contribution in [0.3, 0.4) is 0 Å². The highest BCUT2D eigenvalue weighted by molar-refractivity contribution is 9.10. The molecule has 1 fully saturated rings. The van der Waals surface area contributed by atoms with Gasteiger partial charge in [0.1, 0.15) is 5.82 Å². The highest BCUT2D eigenvalue weighted by atomic mass is 79.9. The lowest BCUT2D eigenvalue weighted by Crippen LogP contribution is -2.51. The molecule has 0 unspecified atom stereocenters. The second-order valence-electron chi connectivity index (χ2n) is 5.25. The molecule has 1 aromatic carbocycles. The van der Waals surface area contributed by atoms with Crippen LogP contribution in [0.4, 0.5) is 10.2 Å². The zero-order chi connectivity index (χ0) is 15.9. The van der Waals surface area contributed by atoms with Crippen molar-refractivity contribution in [2.45, 2.75) is 6.82 Å². The van der Waals surface area contributed by atoms with Crippen LogP contribution in [0, 0.1) is 5.82 Å². The molecular formula is C13H14BBrClFN4O. The first-order chi connectivity index (χ1) is 10.5. The van der Waals surface area contributed by atoms with Crippen molar-refractivity contribution in [3.05, 3.63) is 27.6 Å². The third kappa shape index (κ3) is 3.06. The van der Waals surface area contributed by atoms with Gasteiger partial charge in [0.05, 0.1) is 15.5 Å². The van der Waals surface area contributed by atoms with Gasteiger partial charge < -0.3 is 14.7 Å². The van der Waals surface area contributed by atoms with Gasteiger partial charge >= 0.3 is 7.05 Å². The average Bonchev–Trinajstić information content (AvgIpc) is 2.48. The SMILES string of the molecule is CB(O)N1CCN(c2nc3cc(F)c(Br)cc3nc2Cl)CC1. The predicted molar refractivity (Wildman–Crippen MR) is 89.8 cm³/mol. The van der Waals surface area contributed by atoms with Gasteiger partial charge in [0, 0.05) is 32.2 Å². The highest BCUT2D eigenvalue weighted by Gasteiger charge is 2.25. The molecule has 0 amide bonds. The van der Waals surface area contributed by atoms with Gasteiger partial charge in [0.15, 0.2) is 11.0 Å². The first-order valence-corrected chi connectivity index (χ1v) is 8.12. The molecule has 116 valence electrons. The van der Waals surface area contributed by atoms with Crippen LogP contribution in [0.1, 0.15) is 0 Å². The summed E-state index contributed by atoms with van der Waals surface area (Å²) in [6.45, 7) is 4.54. The molecule has 5 nitrogen and oxygen atoms in total. The quantitative estimate of drug-likeness (QED) is 0.802. The lowest BCUT2D eigenvalue weighted by molar-refractivity contribution is 0.344. The monoisotopic (exact) mass is 386 g/mol. The third-order valence-corrected chi connectivity index (χ3v) is 4.65. The Morgan fingerprint density at radius 2 is 1.86 bits per heavy atom. The standard InChI is InChI=1S/C13H14BBrClFN4O/c1-14(22)21-4-2-20(3-5-21)13-12(16)18-10-6-8(15)9(17)7-11(10)19-13/h6-7,22H,2-5H2,1H3. The molecule has 0 saturated carbocycles. The summed E-state index contributed by atoms with van der Waals surface area (Å²) in [5, 5.41) is 9.90. The number of fused-ring (bicyclic) bond motifs is 1. The second kappa shape index (κ2) is 6.27. The van der Waals surface area contributed by atoms with Gasteiger partial charge in [-0.05, 0) is 28.8 Å². The minimum absolute atomic E-state index is 0.302. The maximum absolute atomic E-state index is 13.7. The molecule has 0 radical (unpaired) electrons. The van der Waals surface area contributed by atoms with Crippen molar-refractivity contribution in [3.8, 4) is 0 Å². The molecule has 2 aromatic rings. The van der Waals surface area contributed by atoms with Gasteiger partial charge in [-0.15, -0.1) is 0 Å². The molecule has 3 rings (SSSR count). The highest BCUT2D eigenvalue weighted by Crippen LogP contribution is 2.28. The maximum atomic E-state index is 13.7. The Labute approximate surface area is 141 Å². The van der Waals surface area contributed by atoms with Crippen molar-refractivity contribution in [1.29, 1.82) is 0 Å². The number of aromatic nitrogens is 2. The lowest BCUT2D eigenvalue weighted by atomic mass is 9.84. The van der Waals surface area contributed by atoms with Gasteiger partial charge in [-0.25, -0.2) is 14.4 Å². The Balaban J connectivity index is 1.91. The van der Waals surface area contributed by atoms with Crippen LogP contribution in [0.2, 0.25) is 12.0 Å². The van der Waals surface area contributed by atoms with E-state index in [9.17, 15) is 9.41 Å². The smallest absolute Gasteiger partial charge is 0.376 e. The van der Waals surface area contributed by atoms with Crippen molar-refractivity contribution >= 4 is 51.4 Å². The van der Waals surface area contributed by atoms with E-state index in [1.165, 1.54) is 6.07 Å². The molecule has 0 spiro atoms. The number of piperazine rings is 1. The van der Waals surface area contributed by atoms with Crippen LogP contribution in [-0.4, -0.2) is 53.0 Å². The molecule has 2 heterocycles. The Hall–Kier alpha value is -0.955. The maximum Gasteiger partial charge on any atom is 0.376 e. The van der Waals surface area contributed by atoms with Crippen molar-refractivity contribution in [2.75, 3.05) is 31.1 Å². The molecule has 1 aromatic heterocycles. The van der Waals surface area contributed by atoms with Gasteiger partial charge in [0.2, 0.25) is 0 Å². The average molecular weight is 387 g/mol. The molecule has 1 aliphatic heterocycles. The van der Waals surface area contributed by atoms with Crippen LogP contribution in [0.5, 0.6) is 0 Å². The summed E-state index contributed by atoms with van der Waals surface area (Å²) < 4.78 is 14.0. The van der Waals surface area contributed by atoms with Crippen LogP contribution < -0.4 is 4.90 Å². The van der Waals surface area contributed by atoms with Crippen LogP contribution >= 0.6 is 27.5 Å². The topological polar surface area (TPSA) is 52.5 Å². The molecule has 0 aliphatic carbocycles. The normalized spacial score (nSPS) is 16.3. The Kier molecular flexibility index (Phi) is 4.54. The summed E-state index contributed by atoms with van der Waals surface area (Å²) in [5.74, 6) is 0.176. The van der Waals surface area contributed by atoms with Gasteiger partial charge in [0.25, 0.3) is 0 Å². The summed E-state index contributed by atoms with van der Waals surface area (Å²) in [4.78, 5) is 12.7. The van der Waals surface area contributed by atoms with E-state index < -0.39 is 7.05 Å². The number of benzene rings is 1. The van der Waals surface area contributed by atoms with E-state index in [0.29, 0.717) is 52.7 Å². The van der Waals surface area contributed by atoms with E-state index in [0.717, 1.165) is 0 Å². The molecule has 22 heavy (non-hydrogen) atoms. The number of nitrogens with zero attached hydrogens (tertiary/aromatic N) is 4. The third-order valence-electron chi connectivity index (χ3n) is 3.79. The summed E-state index contributed by atoms with van der Waals surface area (Å²) >= 11 is 9.37. The molecule has 1 aliphatic rings. The zero-order valence-corrected chi connectivity index (χ0v) is 14.3. The van der Waals surface area contributed by atoms with Crippen LogP contribution in [0.25, 0.3) is 11.0 Å². The van der Waals surface area contributed by atoms with E-state index in [2.05, 4.69) is 25.9 Å². The van der Waals surface area contributed by atoms with Crippen LogP contribution in [-0.2, 0) is 0 Å². The Bertz CT molecular complexity index is 712. The minimum atomic E-state index is -0.466. The molecule has 9 heteroatoms. The van der Waals surface area contributed by atoms with E-state index >= 15 is 0 Å². The Morgan fingerprint density at radius 1 is 1.23 bits per heavy atom. The second-order valence-corrected chi connectivity index (χ2v) is 6.46. The minimum Gasteiger partial charge on any atom is -0.437 e. The molecule has 1 N–H and O–H groups in total. The van der Waals surface area contributed by atoms with Crippen LogP contribution in [0.15, 0.2) is 16.6 Å². The van der Waals surface area contributed by atoms with E-state index in [1.807, 2.05) is 9.71 Å². The summed E-state index contributed by atoms with van der Waals surface area (Å²) in [6.07, 6.45) is 0. The summed E-state index contributed by atoms with van der Waals surface area (Å²) in [5.41, 5.74) is 1.02. The molecule has 0 atom stereocenters. The van der Waals surface area contributed by atoms with E-state index in [-0.39, 0.29) is 5.82 Å². The van der Waals surface area contributed by atoms with E-state index in [1.54, 1.807) is 12.9 Å². The molecule has 1 saturated heterocycles. The first kappa shape index (κ1) is 15.9. The molecular weight excluding hydrogens is 373 g/mol. The van der Waals surface area contributed by atoms with Gasteiger partial charge in [-0.2, -0.15) is 0 Å². The predicted octanol–water partition coefficient (Wildman–Crippen LogP) is 2.42. The van der Waals surface area contributed by atoms with Crippen molar-refractivity contribution in [3.63, 3.8) is 0 Å². The van der Waals surface area contributed by atoms with Crippen molar-refractivity contribution in [2.24, 2.45) is 0 Å². The number of anilines is 1. The van der Waals surface area contributed by atoms with Gasteiger partial charge in [-0.1, -0.05) is 11.6 Å². The largest absolute Gasteiger partial charge is 0.437 e. The van der Waals surface area contributed by atoms with E-state index in [4.69, 9.17) is 11.6 Å². The number of hydrogen-bond acceptors (Lipinski definition) is 5. The number of rotatable bonds is 2. The number of hydrogen-bond donors (Lipinski definition) is 1. The summed E-state index contributed by atoms with van der Waals surface area (Å²) in [7, 11) is -0.466. The fourth-order valence-electron chi connectivity index (χ4n) is 2.53. The van der Waals surface area contributed by atoms with Crippen molar-refractivity contribution < 1.29 is 9.41 Å². The number of halogens is 3. The fourth-order valence-corrected chi connectivity index (χ4v) is 3.11. The molecule has 0 bridgehead atoms. The summed E-state index contributed by atoms with van der Waals surface area (Å²) in [6, 6.07) is 2.91. The fraction of sp³-hybridized carbons (Fsp3) is 0.385. The zero-order valence-electron chi connectivity index (χ0n) is 11.9. The Morgan fingerprint density at radius 3 is 2.50 bits per heavy atom. The lowest BCUT2D eigenvalue weighted by Gasteiger charge is -2.36. The first-order valence-electron chi connectivity index (χ1n) is 6.95. The van der Waals surface area contributed by atoms with Crippen molar-refractivity contribution in [1.82, 2.24) is 14.8 Å².